The highest BCUT2D eigenvalue weighted by Gasteiger charge is 2.20. The number of nitrogens with zero attached hydrogens (tertiary/aromatic N) is 1. The van der Waals surface area contributed by atoms with E-state index < -0.39 is 0 Å². The van der Waals surface area contributed by atoms with Crippen molar-refractivity contribution in [3.8, 4) is 11.5 Å². The molecule has 2 aromatic rings. The SMILES string of the molecule is Cc1cc(C(=O)COC(=O)C[C@@H]2C=CCC2)c(C)n1Cc1ccc2c(c1)OCO2. The van der Waals surface area contributed by atoms with E-state index in [1.54, 1.807) is 0 Å². The van der Waals surface area contributed by atoms with Crippen LogP contribution in [0.5, 0.6) is 11.5 Å². The Balaban J connectivity index is 1.40. The third-order valence-electron chi connectivity index (χ3n) is 5.56. The van der Waals surface area contributed by atoms with Crippen LogP contribution in [0.15, 0.2) is 36.4 Å². The lowest BCUT2D eigenvalue weighted by atomic mass is 10.1. The fourth-order valence-electron chi connectivity index (χ4n) is 3.91. The molecule has 6 heteroatoms. The van der Waals surface area contributed by atoms with Gasteiger partial charge in [-0.1, -0.05) is 18.2 Å². The molecule has 2 aliphatic rings. The molecule has 0 saturated heterocycles. The van der Waals surface area contributed by atoms with Gasteiger partial charge in [0.15, 0.2) is 18.1 Å². The summed E-state index contributed by atoms with van der Waals surface area (Å²) in [6.45, 7) is 4.53. The molecule has 29 heavy (non-hydrogen) atoms. The van der Waals surface area contributed by atoms with Crippen LogP contribution in [0.25, 0.3) is 0 Å². The molecule has 1 aromatic carbocycles. The van der Waals surface area contributed by atoms with Crippen molar-refractivity contribution in [2.45, 2.75) is 39.7 Å². The van der Waals surface area contributed by atoms with Crippen LogP contribution in [0.3, 0.4) is 0 Å². The molecule has 1 aromatic heterocycles. The second-order valence-electron chi connectivity index (χ2n) is 7.61. The molecule has 1 atom stereocenters. The van der Waals surface area contributed by atoms with Gasteiger partial charge in [-0.15, -0.1) is 0 Å². The fourth-order valence-corrected chi connectivity index (χ4v) is 3.91. The molecule has 4 rings (SSSR count). The number of carbonyl (C=O) groups is 2. The Bertz CT molecular complexity index is 972. The Labute approximate surface area is 170 Å². The van der Waals surface area contributed by atoms with Crippen LogP contribution >= 0.6 is 0 Å². The van der Waals surface area contributed by atoms with E-state index in [0.29, 0.717) is 18.5 Å². The van der Waals surface area contributed by atoms with Gasteiger partial charge in [0.25, 0.3) is 0 Å². The summed E-state index contributed by atoms with van der Waals surface area (Å²) in [7, 11) is 0. The van der Waals surface area contributed by atoms with Crippen LogP contribution in [0.2, 0.25) is 0 Å². The third-order valence-corrected chi connectivity index (χ3v) is 5.56. The van der Waals surface area contributed by atoms with E-state index in [-0.39, 0.29) is 31.1 Å². The van der Waals surface area contributed by atoms with Crippen LogP contribution in [0.1, 0.15) is 46.6 Å². The van der Waals surface area contributed by atoms with Gasteiger partial charge < -0.3 is 18.8 Å². The Kier molecular flexibility index (Phi) is 5.43. The van der Waals surface area contributed by atoms with Gasteiger partial charge in [-0.2, -0.15) is 0 Å². The zero-order chi connectivity index (χ0) is 20.4. The molecular weight excluding hydrogens is 370 g/mol. The highest BCUT2D eigenvalue weighted by Crippen LogP contribution is 2.33. The molecule has 0 spiro atoms. The average molecular weight is 395 g/mol. The number of ketones is 1. The molecule has 0 unspecified atom stereocenters. The largest absolute Gasteiger partial charge is 0.457 e. The lowest BCUT2D eigenvalue weighted by Gasteiger charge is -2.11. The summed E-state index contributed by atoms with van der Waals surface area (Å²) >= 11 is 0. The van der Waals surface area contributed by atoms with Gasteiger partial charge in [-0.25, -0.2) is 0 Å². The smallest absolute Gasteiger partial charge is 0.306 e. The molecule has 0 radical (unpaired) electrons. The quantitative estimate of drug-likeness (QED) is 0.403. The Morgan fingerprint density at radius 1 is 1.17 bits per heavy atom. The van der Waals surface area contributed by atoms with Crippen LogP contribution in [-0.4, -0.2) is 29.7 Å². The Morgan fingerprint density at radius 2 is 2.00 bits per heavy atom. The van der Waals surface area contributed by atoms with Gasteiger partial charge in [-0.05, 0) is 56.4 Å². The van der Waals surface area contributed by atoms with E-state index in [9.17, 15) is 9.59 Å². The lowest BCUT2D eigenvalue weighted by molar-refractivity contribution is -0.143. The number of benzene rings is 1. The van der Waals surface area contributed by atoms with Crippen molar-refractivity contribution < 1.29 is 23.8 Å². The maximum absolute atomic E-state index is 12.6. The topological polar surface area (TPSA) is 66.8 Å². The number of Topliss-reactive ketones (excluding diaryl/α,β-unsaturated/α-hetero) is 1. The van der Waals surface area contributed by atoms with E-state index in [2.05, 4.69) is 10.6 Å². The molecule has 0 fully saturated rings. The second kappa shape index (κ2) is 8.15. The highest BCUT2D eigenvalue weighted by atomic mass is 16.7. The van der Waals surface area contributed by atoms with Gasteiger partial charge in [0.1, 0.15) is 0 Å². The minimum absolute atomic E-state index is 0.176. The minimum Gasteiger partial charge on any atom is -0.457 e. The monoisotopic (exact) mass is 395 g/mol. The van der Waals surface area contributed by atoms with Crippen molar-refractivity contribution in [3.63, 3.8) is 0 Å². The number of fused-ring (bicyclic) bond motifs is 1. The molecular formula is C23H25NO5. The number of ether oxygens (including phenoxy) is 3. The van der Waals surface area contributed by atoms with Crippen LogP contribution in [0.4, 0.5) is 0 Å². The van der Waals surface area contributed by atoms with Gasteiger partial charge in [0, 0.05) is 23.5 Å². The van der Waals surface area contributed by atoms with Crippen molar-refractivity contribution in [1.29, 1.82) is 0 Å². The summed E-state index contributed by atoms with van der Waals surface area (Å²) in [4.78, 5) is 24.6. The summed E-state index contributed by atoms with van der Waals surface area (Å²) in [5.41, 5.74) is 3.49. The zero-order valence-corrected chi connectivity index (χ0v) is 16.8. The molecule has 6 nitrogen and oxygen atoms in total. The van der Waals surface area contributed by atoms with Crippen LogP contribution in [0, 0.1) is 19.8 Å². The summed E-state index contributed by atoms with van der Waals surface area (Å²) in [6.07, 6.45) is 6.45. The summed E-state index contributed by atoms with van der Waals surface area (Å²) in [5, 5.41) is 0. The number of hydrogen-bond acceptors (Lipinski definition) is 5. The van der Waals surface area contributed by atoms with Crippen LogP contribution < -0.4 is 9.47 Å². The van der Waals surface area contributed by atoms with E-state index in [1.165, 1.54) is 0 Å². The predicted octanol–water partition coefficient (Wildman–Crippen LogP) is 3.96. The number of carbonyl (C=O) groups excluding carboxylic acids is 2. The third kappa shape index (κ3) is 4.21. The number of hydrogen-bond donors (Lipinski definition) is 0. The first-order valence-electron chi connectivity index (χ1n) is 9.92. The number of esters is 1. The molecule has 0 N–H and O–H groups in total. The molecule has 0 bridgehead atoms. The molecule has 152 valence electrons. The molecule has 2 heterocycles. The highest BCUT2D eigenvalue weighted by molar-refractivity contribution is 5.99. The summed E-state index contributed by atoms with van der Waals surface area (Å²) in [6, 6.07) is 7.71. The maximum Gasteiger partial charge on any atom is 0.306 e. The van der Waals surface area contributed by atoms with Crippen molar-refractivity contribution >= 4 is 11.8 Å². The van der Waals surface area contributed by atoms with Crippen molar-refractivity contribution in [2.24, 2.45) is 5.92 Å². The van der Waals surface area contributed by atoms with E-state index in [0.717, 1.165) is 41.3 Å². The van der Waals surface area contributed by atoms with E-state index >= 15 is 0 Å². The first kappa shape index (κ1) is 19.3. The molecule has 1 aliphatic heterocycles. The number of aryl methyl sites for hydroxylation is 1. The first-order chi connectivity index (χ1) is 14.0. The van der Waals surface area contributed by atoms with Gasteiger partial charge in [0.2, 0.25) is 12.6 Å². The van der Waals surface area contributed by atoms with Crippen molar-refractivity contribution in [1.82, 2.24) is 4.57 Å². The standard InChI is InChI=1S/C23H25NO5/c1-15-9-19(20(25)13-27-23(26)11-17-5-3-4-6-17)16(2)24(15)12-18-7-8-21-22(10-18)29-14-28-21/h3,5,7-10,17H,4,6,11-14H2,1-2H3/t17-/m1/s1. The second-order valence-corrected chi connectivity index (χ2v) is 7.61. The fraction of sp³-hybridized carbons (Fsp3) is 0.391. The van der Waals surface area contributed by atoms with Gasteiger partial charge in [0.05, 0.1) is 6.42 Å². The molecule has 0 amide bonds. The van der Waals surface area contributed by atoms with Crippen molar-refractivity contribution in [3.05, 3.63) is 58.9 Å². The van der Waals surface area contributed by atoms with Gasteiger partial charge in [-0.3, -0.25) is 9.59 Å². The summed E-state index contributed by atoms with van der Waals surface area (Å²) in [5.74, 6) is 1.24. The molecule has 1 aliphatic carbocycles. The molecule has 0 saturated carbocycles. The van der Waals surface area contributed by atoms with E-state index in [1.807, 2.05) is 44.2 Å². The predicted molar refractivity (Wildman–Crippen MR) is 107 cm³/mol. The lowest BCUT2D eigenvalue weighted by Crippen LogP contribution is -2.16. The summed E-state index contributed by atoms with van der Waals surface area (Å²) < 4.78 is 18.1. The zero-order valence-electron chi connectivity index (χ0n) is 16.8. The Hall–Kier alpha value is -3.02. The minimum atomic E-state index is -0.316. The number of rotatable bonds is 7. The van der Waals surface area contributed by atoms with Crippen LogP contribution in [-0.2, 0) is 16.1 Å². The number of aromatic nitrogens is 1. The Morgan fingerprint density at radius 3 is 2.79 bits per heavy atom. The van der Waals surface area contributed by atoms with E-state index in [4.69, 9.17) is 14.2 Å². The normalized spacial score (nSPS) is 17.0. The first-order valence-corrected chi connectivity index (χ1v) is 9.92. The average Bonchev–Trinajstić information content (AvgIpc) is 3.43. The van der Waals surface area contributed by atoms with Crippen molar-refractivity contribution in [2.75, 3.05) is 13.4 Å². The van der Waals surface area contributed by atoms with Gasteiger partial charge >= 0.3 is 5.97 Å². The number of allylic oxidation sites excluding steroid dienone is 2. The maximum atomic E-state index is 12.6.